The minimum atomic E-state index is 0.586. The Balaban J connectivity index is 3.34. The molecule has 3 nitrogen and oxygen atoms in total. The van der Waals surface area contributed by atoms with Gasteiger partial charge in [-0.3, -0.25) is 0 Å². The van der Waals surface area contributed by atoms with Crippen LogP contribution in [0, 0.1) is 25.2 Å². The molecule has 0 amide bonds. The van der Waals surface area contributed by atoms with E-state index in [1.165, 1.54) is 6.33 Å². The molecule has 0 fully saturated rings. The number of nitriles is 1. The van der Waals surface area contributed by atoms with Crippen LogP contribution in [0.4, 0.5) is 0 Å². The molecule has 50 valence electrons. The molecule has 0 aromatic carbocycles. The van der Waals surface area contributed by atoms with Gasteiger partial charge in [-0.05, 0) is 13.8 Å². The molecule has 0 aliphatic carbocycles. The van der Waals surface area contributed by atoms with Crippen LogP contribution < -0.4 is 0 Å². The maximum atomic E-state index is 8.57. The summed E-state index contributed by atoms with van der Waals surface area (Å²) < 4.78 is 0. The van der Waals surface area contributed by atoms with Crippen molar-refractivity contribution in [3.8, 4) is 6.07 Å². The Hall–Kier alpha value is -1.43. The van der Waals surface area contributed by atoms with Gasteiger partial charge in [0.2, 0.25) is 0 Å². The zero-order chi connectivity index (χ0) is 7.56. The van der Waals surface area contributed by atoms with Crippen molar-refractivity contribution >= 4 is 0 Å². The molecular weight excluding hydrogens is 126 g/mol. The molecule has 0 saturated carbocycles. The summed E-state index contributed by atoms with van der Waals surface area (Å²) in [5, 5.41) is 8.57. The zero-order valence-corrected chi connectivity index (χ0v) is 5.92. The molecule has 0 unspecified atom stereocenters. The summed E-state index contributed by atoms with van der Waals surface area (Å²) in [6, 6.07) is 2.04. The van der Waals surface area contributed by atoms with Crippen LogP contribution in [0.15, 0.2) is 6.33 Å². The van der Waals surface area contributed by atoms with E-state index in [0.29, 0.717) is 5.56 Å². The Labute approximate surface area is 59.4 Å². The van der Waals surface area contributed by atoms with E-state index in [2.05, 4.69) is 9.97 Å². The van der Waals surface area contributed by atoms with Gasteiger partial charge in [0.25, 0.3) is 0 Å². The molecule has 0 radical (unpaired) electrons. The van der Waals surface area contributed by atoms with Gasteiger partial charge in [-0.2, -0.15) is 5.26 Å². The normalized spacial score (nSPS) is 8.90. The molecule has 0 N–H and O–H groups in total. The fourth-order valence-corrected chi connectivity index (χ4v) is 0.755. The van der Waals surface area contributed by atoms with E-state index in [-0.39, 0.29) is 0 Å². The first kappa shape index (κ1) is 6.69. The van der Waals surface area contributed by atoms with E-state index >= 15 is 0 Å². The summed E-state index contributed by atoms with van der Waals surface area (Å²) in [5.74, 6) is 0. The lowest BCUT2D eigenvalue weighted by atomic mass is 10.2. The van der Waals surface area contributed by atoms with Crippen molar-refractivity contribution < 1.29 is 0 Å². The van der Waals surface area contributed by atoms with Crippen LogP contribution in [0.5, 0.6) is 0 Å². The smallest absolute Gasteiger partial charge is 0.116 e. The van der Waals surface area contributed by atoms with Crippen molar-refractivity contribution in [1.82, 2.24) is 9.97 Å². The highest BCUT2D eigenvalue weighted by atomic mass is 14.8. The minimum Gasteiger partial charge on any atom is -0.240 e. The van der Waals surface area contributed by atoms with Crippen LogP contribution in [0.3, 0.4) is 0 Å². The predicted octanol–water partition coefficient (Wildman–Crippen LogP) is 0.965. The van der Waals surface area contributed by atoms with Crippen molar-refractivity contribution in [3.63, 3.8) is 0 Å². The lowest BCUT2D eigenvalue weighted by Crippen LogP contribution is -1.93. The minimum absolute atomic E-state index is 0.586. The molecule has 0 saturated heterocycles. The average molecular weight is 133 g/mol. The number of hydrogen-bond acceptors (Lipinski definition) is 3. The van der Waals surface area contributed by atoms with Gasteiger partial charge in [-0.15, -0.1) is 0 Å². The molecule has 0 atom stereocenters. The van der Waals surface area contributed by atoms with Crippen LogP contribution in [0.2, 0.25) is 0 Å². The monoisotopic (exact) mass is 133 g/mol. The van der Waals surface area contributed by atoms with Crippen LogP contribution in [-0.2, 0) is 0 Å². The molecule has 1 aromatic heterocycles. The van der Waals surface area contributed by atoms with Crippen molar-refractivity contribution in [2.24, 2.45) is 0 Å². The van der Waals surface area contributed by atoms with Gasteiger partial charge in [-0.25, -0.2) is 9.97 Å². The quantitative estimate of drug-likeness (QED) is 0.529. The van der Waals surface area contributed by atoms with Crippen LogP contribution in [-0.4, -0.2) is 9.97 Å². The third-order valence-electron chi connectivity index (χ3n) is 1.34. The highest BCUT2D eigenvalue weighted by Crippen LogP contribution is 2.04. The second-order valence-electron chi connectivity index (χ2n) is 2.03. The fraction of sp³-hybridized carbons (Fsp3) is 0.286. The molecule has 0 aliphatic rings. The molecule has 1 heterocycles. The van der Waals surface area contributed by atoms with E-state index in [1.807, 2.05) is 6.07 Å². The largest absolute Gasteiger partial charge is 0.240 e. The lowest BCUT2D eigenvalue weighted by molar-refractivity contribution is 1.04. The fourth-order valence-electron chi connectivity index (χ4n) is 0.755. The van der Waals surface area contributed by atoms with E-state index in [9.17, 15) is 0 Å². The number of aromatic nitrogens is 2. The summed E-state index contributed by atoms with van der Waals surface area (Å²) in [7, 11) is 0. The third-order valence-corrected chi connectivity index (χ3v) is 1.34. The molecule has 1 rings (SSSR count). The number of nitrogens with zero attached hydrogens (tertiary/aromatic N) is 3. The van der Waals surface area contributed by atoms with Crippen LogP contribution in [0.1, 0.15) is 17.0 Å². The Morgan fingerprint density at radius 2 is 1.80 bits per heavy atom. The third kappa shape index (κ3) is 0.960. The van der Waals surface area contributed by atoms with Gasteiger partial charge < -0.3 is 0 Å². The molecule has 0 spiro atoms. The summed E-state index contributed by atoms with van der Waals surface area (Å²) in [6.07, 6.45) is 1.46. The first-order valence-corrected chi connectivity index (χ1v) is 2.94. The summed E-state index contributed by atoms with van der Waals surface area (Å²) in [6.45, 7) is 3.60. The highest BCUT2D eigenvalue weighted by molar-refractivity contribution is 5.34. The summed E-state index contributed by atoms with van der Waals surface area (Å²) in [5.41, 5.74) is 2.08. The molecular formula is C7H7N3. The molecule has 0 bridgehead atoms. The number of rotatable bonds is 0. The summed E-state index contributed by atoms with van der Waals surface area (Å²) in [4.78, 5) is 7.75. The van der Waals surface area contributed by atoms with Crippen LogP contribution in [0.25, 0.3) is 0 Å². The molecule has 3 heteroatoms. The van der Waals surface area contributed by atoms with E-state index in [4.69, 9.17) is 5.26 Å². The van der Waals surface area contributed by atoms with Gasteiger partial charge in [0.1, 0.15) is 12.4 Å². The average Bonchev–Trinajstić information content (AvgIpc) is 1.88. The Bertz CT molecular complexity index is 265. The SMILES string of the molecule is Cc1ncnc(C)c1C#N. The maximum Gasteiger partial charge on any atom is 0.116 e. The van der Waals surface area contributed by atoms with Gasteiger partial charge >= 0.3 is 0 Å². The molecule has 10 heavy (non-hydrogen) atoms. The van der Waals surface area contributed by atoms with E-state index in [0.717, 1.165) is 11.4 Å². The first-order valence-electron chi connectivity index (χ1n) is 2.94. The van der Waals surface area contributed by atoms with Gasteiger partial charge in [0.15, 0.2) is 0 Å². The summed E-state index contributed by atoms with van der Waals surface area (Å²) >= 11 is 0. The zero-order valence-electron chi connectivity index (χ0n) is 5.92. The van der Waals surface area contributed by atoms with Gasteiger partial charge in [0, 0.05) is 0 Å². The Kier molecular flexibility index (Phi) is 1.63. The second-order valence-corrected chi connectivity index (χ2v) is 2.03. The van der Waals surface area contributed by atoms with Gasteiger partial charge in [-0.1, -0.05) is 0 Å². The maximum absolute atomic E-state index is 8.57. The van der Waals surface area contributed by atoms with Crippen LogP contribution >= 0.6 is 0 Å². The lowest BCUT2D eigenvalue weighted by Gasteiger charge is -1.96. The predicted molar refractivity (Wildman–Crippen MR) is 36.2 cm³/mol. The van der Waals surface area contributed by atoms with Crippen molar-refractivity contribution in [2.75, 3.05) is 0 Å². The second kappa shape index (κ2) is 2.44. The standard InChI is InChI=1S/C7H7N3/c1-5-7(3-8)6(2)10-4-9-5/h4H,1-2H3. The van der Waals surface area contributed by atoms with E-state index < -0.39 is 0 Å². The number of aryl methyl sites for hydroxylation is 2. The van der Waals surface area contributed by atoms with Crippen molar-refractivity contribution in [1.29, 1.82) is 5.26 Å². The Morgan fingerprint density at radius 1 is 1.30 bits per heavy atom. The van der Waals surface area contributed by atoms with Crippen molar-refractivity contribution in [3.05, 3.63) is 23.3 Å². The van der Waals surface area contributed by atoms with Crippen molar-refractivity contribution in [2.45, 2.75) is 13.8 Å². The molecule has 0 aliphatic heterocycles. The highest BCUT2D eigenvalue weighted by Gasteiger charge is 2.00. The van der Waals surface area contributed by atoms with Gasteiger partial charge in [0.05, 0.1) is 17.0 Å². The Morgan fingerprint density at radius 3 is 2.10 bits per heavy atom. The van der Waals surface area contributed by atoms with E-state index in [1.54, 1.807) is 13.8 Å². The molecule has 1 aromatic rings. The first-order chi connectivity index (χ1) is 4.75. The number of hydrogen-bond donors (Lipinski definition) is 0. The topological polar surface area (TPSA) is 49.6 Å².